The lowest BCUT2D eigenvalue weighted by atomic mass is 10.0. The quantitative estimate of drug-likeness (QED) is 0.341. The van der Waals surface area contributed by atoms with Gasteiger partial charge in [-0.25, -0.2) is 0 Å². The van der Waals surface area contributed by atoms with Crippen LogP contribution in [0.1, 0.15) is 0 Å². The van der Waals surface area contributed by atoms with Crippen molar-refractivity contribution in [2.45, 2.75) is 0 Å². The molecule has 0 bridgehead atoms. The number of hydrogen-bond donors (Lipinski definition) is 0. The smallest absolute Gasteiger partial charge is 0.0467 e. The minimum absolute atomic E-state index is 1.09. The summed E-state index contributed by atoms with van der Waals surface area (Å²) in [5, 5.41) is 0. The summed E-state index contributed by atoms with van der Waals surface area (Å²) in [7, 11) is 0. The summed E-state index contributed by atoms with van der Waals surface area (Å²) in [5.41, 5.74) is 5.82. The molecule has 0 aliphatic rings. The second-order valence-electron chi connectivity index (χ2n) is 6.07. The summed E-state index contributed by atoms with van der Waals surface area (Å²) in [4.78, 5) is 2.28. The Labute approximate surface area is 162 Å². The first-order valence-electron chi connectivity index (χ1n) is 8.57. The maximum absolute atomic E-state index is 3.57. The molecule has 0 N–H and O–H groups in total. The lowest BCUT2D eigenvalue weighted by molar-refractivity contribution is 1.28. The molecule has 0 aromatic heterocycles. The molecule has 2 heteroatoms. The molecule has 0 amide bonds. The highest BCUT2D eigenvalue weighted by Crippen LogP contribution is 2.36. The summed E-state index contributed by atoms with van der Waals surface area (Å²) in [5.74, 6) is 0. The fraction of sp³-hybridized carbons (Fsp3) is 0. The molecule has 0 saturated heterocycles. The van der Waals surface area contributed by atoms with E-state index in [1.165, 1.54) is 11.1 Å². The van der Waals surface area contributed by atoms with Gasteiger partial charge in [-0.1, -0.05) is 76.6 Å². The van der Waals surface area contributed by atoms with E-state index >= 15 is 0 Å². The summed E-state index contributed by atoms with van der Waals surface area (Å²) >= 11 is 3.57. The number of anilines is 3. The van der Waals surface area contributed by atoms with Crippen molar-refractivity contribution in [1.29, 1.82) is 0 Å². The molecule has 1 nitrogen and oxygen atoms in total. The van der Waals surface area contributed by atoms with E-state index in [0.29, 0.717) is 0 Å². The van der Waals surface area contributed by atoms with Crippen LogP contribution in [0.25, 0.3) is 11.1 Å². The van der Waals surface area contributed by atoms with Crippen LogP contribution in [0.2, 0.25) is 0 Å². The van der Waals surface area contributed by atoms with Crippen molar-refractivity contribution in [3.63, 3.8) is 0 Å². The normalized spacial score (nSPS) is 10.5. The number of hydrogen-bond acceptors (Lipinski definition) is 1. The van der Waals surface area contributed by atoms with E-state index in [1.807, 2.05) is 18.2 Å². The van der Waals surface area contributed by atoms with E-state index in [1.54, 1.807) is 0 Å². The Hall–Kier alpha value is -2.84. The van der Waals surface area contributed by atoms with E-state index in [0.717, 1.165) is 21.5 Å². The van der Waals surface area contributed by atoms with Crippen molar-refractivity contribution in [3.8, 4) is 11.1 Å². The van der Waals surface area contributed by atoms with Gasteiger partial charge in [0.2, 0.25) is 0 Å². The van der Waals surface area contributed by atoms with Gasteiger partial charge in [0.1, 0.15) is 0 Å². The molecule has 126 valence electrons. The van der Waals surface area contributed by atoms with Gasteiger partial charge >= 0.3 is 0 Å². The zero-order valence-electron chi connectivity index (χ0n) is 14.2. The fourth-order valence-electron chi connectivity index (χ4n) is 3.09. The molecule has 4 aromatic carbocycles. The average molecular weight is 400 g/mol. The van der Waals surface area contributed by atoms with Crippen molar-refractivity contribution < 1.29 is 0 Å². The summed E-state index contributed by atoms with van der Waals surface area (Å²) in [6.45, 7) is 0. The van der Waals surface area contributed by atoms with Gasteiger partial charge in [-0.05, 0) is 59.7 Å². The van der Waals surface area contributed by atoms with Gasteiger partial charge in [-0.3, -0.25) is 0 Å². The van der Waals surface area contributed by atoms with Gasteiger partial charge in [0.15, 0.2) is 0 Å². The molecule has 0 saturated carbocycles. The van der Waals surface area contributed by atoms with Crippen molar-refractivity contribution in [3.05, 3.63) is 114 Å². The molecular formula is C24H18BrN. The van der Waals surface area contributed by atoms with E-state index in [9.17, 15) is 0 Å². The Morgan fingerprint density at radius 2 is 0.962 bits per heavy atom. The van der Waals surface area contributed by atoms with Crippen LogP contribution in [0.3, 0.4) is 0 Å². The van der Waals surface area contributed by atoms with Gasteiger partial charge in [0.05, 0.1) is 0 Å². The molecular weight excluding hydrogens is 382 g/mol. The molecule has 0 spiro atoms. The Morgan fingerprint density at radius 3 is 1.54 bits per heavy atom. The molecule has 0 aliphatic heterocycles. The minimum atomic E-state index is 1.09. The molecule has 4 rings (SSSR count). The first-order valence-corrected chi connectivity index (χ1v) is 9.37. The Morgan fingerprint density at radius 1 is 0.462 bits per heavy atom. The predicted molar refractivity (Wildman–Crippen MR) is 114 cm³/mol. The lowest BCUT2D eigenvalue weighted by Crippen LogP contribution is -2.09. The van der Waals surface area contributed by atoms with Crippen molar-refractivity contribution in [2.75, 3.05) is 4.90 Å². The molecule has 4 aromatic rings. The highest BCUT2D eigenvalue weighted by molar-refractivity contribution is 9.10. The van der Waals surface area contributed by atoms with Crippen LogP contribution in [0.4, 0.5) is 17.1 Å². The Balaban J connectivity index is 1.83. The maximum Gasteiger partial charge on any atom is 0.0467 e. The molecule has 0 heterocycles. The Kier molecular flexibility index (Phi) is 4.85. The third-order valence-corrected chi connectivity index (χ3v) is 4.78. The number of halogens is 1. The topological polar surface area (TPSA) is 3.24 Å². The largest absolute Gasteiger partial charge is 0.310 e. The number of benzene rings is 4. The van der Waals surface area contributed by atoms with Crippen LogP contribution in [-0.2, 0) is 0 Å². The number of rotatable bonds is 4. The van der Waals surface area contributed by atoms with Crippen molar-refractivity contribution in [1.82, 2.24) is 0 Å². The van der Waals surface area contributed by atoms with E-state index in [4.69, 9.17) is 0 Å². The molecule has 0 fully saturated rings. The van der Waals surface area contributed by atoms with E-state index < -0.39 is 0 Å². The minimum Gasteiger partial charge on any atom is -0.310 e. The summed E-state index contributed by atoms with van der Waals surface area (Å²) in [6.07, 6.45) is 0. The van der Waals surface area contributed by atoms with Crippen molar-refractivity contribution >= 4 is 33.0 Å². The summed E-state index contributed by atoms with van der Waals surface area (Å²) in [6, 6.07) is 38.0. The highest BCUT2D eigenvalue weighted by atomic mass is 79.9. The second-order valence-corrected chi connectivity index (χ2v) is 6.98. The first kappa shape index (κ1) is 16.6. The van der Waals surface area contributed by atoms with E-state index in [2.05, 4.69) is 112 Å². The second kappa shape index (κ2) is 7.59. The van der Waals surface area contributed by atoms with E-state index in [-0.39, 0.29) is 0 Å². The van der Waals surface area contributed by atoms with Crippen LogP contribution >= 0.6 is 15.9 Å². The molecule has 26 heavy (non-hydrogen) atoms. The highest BCUT2D eigenvalue weighted by Gasteiger charge is 2.12. The standard InChI is InChI=1S/C24H18BrN/c25-21-11-7-9-19(17-21)20-10-8-16-24(18-20)26(22-12-3-1-4-13-22)23-14-5-2-6-15-23/h1-18H. The van der Waals surface area contributed by atoms with Gasteiger partial charge in [0.25, 0.3) is 0 Å². The first-order chi connectivity index (χ1) is 12.8. The molecule has 0 atom stereocenters. The zero-order chi connectivity index (χ0) is 17.8. The van der Waals surface area contributed by atoms with Crippen LogP contribution in [0.15, 0.2) is 114 Å². The fourth-order valence-corrected chi connectivity index (χ4v) is 3.49. The van der Waals surface area contributed by atoms with Gasteiger partial charge in [-0.15, -0.1) is 0 Å². The number of nitrogens with zero attached hydrogens (tertiary/aromatic N) is 1. The Bertz CT molecular complexity index is 957. The average Bonchev–Trinajstić information content (AvgIpc) is 2.70. The third kappa shape index (κ3) is 3.56. The SMILES string of the molecule is Brc1cccc(-c2cccc(N(c3ccccc3)c3ccccc3)c2)c1. The molecule has 0 aliphatic carbocycles. The third-order valence-electron chi connectivity index (χ3n) is 4.29. The predicted octanol–water partition coefficient (Wildman–Crippen LogP) is 7.59. The van der Waals surface area contributed by atoms with Crippen LogP contribution in [0, 0.1) is 0 Å². The van der Waals surface area contributed by atoms with Crippen LogP contribution in [0.5, 0.6) is 0 Å². The van der Waals surface area contributed by atoms with Gasteiger partial charge < -0.3 is 4.90 Å². The number of para-hydroxylation sites is 2. The lowest BCUT2D eigenvalue weighted by Gasteiger charge is -2.25. The van der Waals surface area contributed by atoms with Crippen LogP contribution < -0.4 is 4.90 Å². The van der Waals surface area contributed by atoms with Crippen LogP contribution in [-0.4, -0.2) is 0 Å². The maximum atomic E-state index is 3.57. The van der Waals surface area contributed by atoms with Gasteiger partial charge in [0, 0.05) is 21.5 Å². The van der Waals surface area contributed by atoms with Gasteiger partial charge in [-0.2, -0.15) is 0 Å². The van der Waals surface area contributed by atoms with Crippen molar-refractivity contribution in [2.24, 2.45) is 0 Å². The zero-order valence-corrected chi connectivity index (χ0v) is 15.8. The monoisotopic (exact) mass is 399 g/mol. The summed E-state index contributed by atoms with van der Waals surface area (Å²) < 4.78 is 1.09. The molecule has 0 unspecified atom stereocenters. The molecule has 0 radical (unpaired) electrons.